The molecule has 1 N–H and O–H groups in total. The van der Waals surface area contributed by atoms with E-state index in [0.717, 1.165) is 14.4 Å². The van der Waals surface area contributed by atoms with Crippen LogP contribution in [-0.2, 0) is 0 Å². The molecule has 0 fully saturated rings. The zero-order chi connectivity index (χ0) is 11.0. The third-order valence-electron chi connectivity index (χ3n) is 2.09. The molecule has 1 aromatic carbocycles. The molecule has 0 saturated heterocycles. The number of carbonyl (C=O) groups is 1. The fourth-order valence-electron chi connectivity index (χ4n) is 1.45. The third kappa shape index (κ3) is 1.49. The largest absolute Gasteiger partial charge is 0.464 e. The Labute approximate surface area is 93.5 Å². The monoisotopic (exact) mass is 264 g/mol. The summed E-state index contributed by atoms with van der Waals surface area (Å²) in [6.07, 6.45) is 0.278. The Balaban J connectivity index is 2.86. The number of rotatable bonds is 0. The molecule has 0 spiro atoms. The molecular weight excluding hydrogens is 260 g/mol. The lowest BCUT2D eigenvalue weighted by atomic mass is 10.2. The number of halogens is 1. The van der Waals surface area contributed by atoms with Gasteiger partial charge >= 0.3 is 6.09 Å². The number of benzene rings is 1. The normalized spacial score (nSPS) is 10.1. The van der Waals surface area contributed by atoms with Crippen LogP contribution in [0.2, 0.25) is 0 Å². The van der Waals surface area contributed by atoms with Gasteiger partial charge in [0.2, 0.25) is 0 Å². The minimum atomic E-state index is -1.15. The van der Waals surface area contributed by atoms with Crippen LogP contribution in [0.15, 0.2) is 28.9 Å². The lowest BCUT2D eigenvalue weighted by Gasteiger charge is -1.93. The molecule has 0 atom stereocenters. The van der Waals surface area contributed by atoms with Crippen molar-refractivity contribution in [1.82, 2.24) is 4.57 Å². The molecule has 2 aromatic rings. The molecule has 0 unspecified atom stereocenters. The van der Waals surface area contributed by atoms with Crippen LogP contribution in [0, 0.1) is 11.3 Å². The van der Waals surface area contributed by atoms with Crippen molar-refractivity contribution in [2.45, 2.75) is 0 Å². The summed E-state index contributed by atoms with van der Waals surface area (Å²) < 4.78 is 1.78. The predicted octanol–water partition coefficient (Wildman–Crippen LogP) is 2.80. The molecule has 0 radical (unpaired) electrons. The topological polar surface area (TPSA) is 66.0 Å². The van der Waals surface area contributed by atoms with Crippen molar-refractivity contribution in [1.29, 1.82) is 5.26 Å². The van der Waals surface area contributed by atoms with Crippen LogP contribution in [0.1, 0.15) is 5.69 Å². The van der Waals surface area contributed by atoms with Crippen molar-refractivity contribution in [2.24, 2.45) is 0 Å². The molecule has 0 aliphatic heterocycles. The smallest absolute Gasteiger partial charge is 0.416 e. The fraction of sp³-hybridized carbons (Fsp3) is 0. The second kappa shape index (κ2) is 3.41. The van der Waals surface area contributed by atoms with Crippen LogP contribution < -0.4 is 0 Å². The molecule has 1 aromatic heterocycles. The zero-order valence-corrected chi connectivity index (χ0v) is 9.02. The molecule has 0 amide bonds. The summed E-state index contributed by atoms with van der Waals surface area (Å²) >= 11 is 3.29. The molecule has 4 nitrogen and oxygen atoms in total. The highest BCUT2D eigenvalue weighted by atomic mass is 79.9. The van der Waals surface area contributed by atoms with E-state index in [1.54, 1.807) is 18.2 Å². The Kier molecular flexibility index (Phi) is 2.21. The standard InChI is InChI=1S/C10H5BrN2O2/c11-7-1-2-8-6(3-7)5-13(10(14)15)9(8)4-12/h1-3,5H,(H,14,15). The molecule has 1 heterocycles. The van der Waals surface area contributed by atoms with Gasteiger partial charge in [0.15, 0.2) is 0 Å². The molecule has 74 valence electrons. The average molecular weight is 265 g/mol. The van der Waals surface area contributed by atoms with E-state index in [2.05, 4.69) is 15.9 Å². The second-order valence-electron chi connectivity index (χ2n) is 2.97. The van der Waals surface area contributed by atoms with Crippen LogP contribution in [0.4, 0.5) is 4.79 Å². The summed E-state index contributed by atoms with van der Waals surface area (Å²) in [4.78, 5) is 10.8. The average Bonchev–Trinajstić information content (AvgIpc) is 2.55. The first-order chi connectivity index (χ1) is 7.13. The first-order valence-electron chi connectivity index (χ1n) is 4.07. The van der Waals surface area contributed by atoms with Crippen LogP contribution >= 0.6 is 15.9 Å². The van der Waals surface area contributed by atoms with Gasteiger partial charge in [-0.1, -0.05) is 22.0 Å². The van der Waals surface area contributed by atoms with Crippen molar-refractivity contribution in [3.05, 3.63) is 34.6 Å². The van der Waals surface area contributed by atoms with Crippen LogP contribution in [0.3, 0.4) is 0 Å². The van der Waals surface area contributed by atoms with E-state index in [1.807, 2.05) is 6.07 Å². The van der Waals surface area contributed by atoms with Crippen LogP contribution in [0.25, 0.3) is 10.8 Å². The lowest BCUT2D eigenvalue weighted by molar-refractivity contribution is 0.196. The molecule has 2 rings (SSSR count). The fourth-order valence-corrected chi connectivity index (χ4v) is 1.83. The molecular formula is C10H5BrN2O2. The number of hydrogen-bond donors (Lipinski definition) is 1. The SMILES string of the molecule is N#Cc1c2ccc(Br)cc2cn1C(=O)O. The van der Waals surface area contributed by atoms with Crippen LogP contribution in [0.5, 0.6) is 0 Å². The van der Waals surface area contributed by atoms with E-state index in [9.17, 15) is 4.79 Å². The van der Waals surface area contributed by atoms with E-state index in [0.29, 0.717) is 5.39 Å². The predicted molar refractivity (Wildman–Crippen MR) is 57.8 cm³/mol. The number of hydrogen-bond acceptors (Lipinski definition) is 2. The van der Waals surface area contributed by atoms with E-state index in [-0.39, 0.29) is 5.69 Å². The second-order valence-corrected chi connectivity index (χ2v) is 3.89. The van der Waals surface area contributed by atoms with Gasteiger partial charge < -0.3 is 5.11 Å². The Morgan fingerprint density at radius 1 is 1.53 bits per heavy atom. The van der Waals surface area contributed by atoms with Crippen molar-refractivity contribution in [3.63, 3.8) is 0 Å². The number of nitrogens with zero attached hydrogens (tertiary/aromatic N) is 2. The summed E-state index contributed by atoms with van der Waals surface area (Å²) in [6.45, 7) is 0. The third-order valence-corrected chi connectivity index (χ3v) is 2.58. The number of aromatic nitrogens is 1. The molecule has 0 saturated carbocycles. The highest BCUT2D eigenvalue weighted by molar-refractivity contribution is 9.10. The Morgan fingerprint density at radius 2 is 2.27 bits per heavy atom. The lowest BCUT2D eigenvalue weighted by Crippen LogP contribution is -2.08. The Hall–Kier alpha value is -1.80. The number of fused-ring (bicyclic) bond motifs is 1. The minimum Gasteiger partial charge on any atom is -0.464 e. The van der Waals surface area contributed by atoms with E-state index < -0.39 is 6.09 Å². The highest BCUT2D eigenvalue weighted by Gasteiger charge is 2.13. The van der Waals surface area contributed by atoms with Gasteiger partial charge in [0, 0.05) is 21.4 Å². The summed E-state index contributed by atoms with van der Waals surface area (Å²) in [6, 6.07) is 7.15. The maximum atomic E-state index is 10.8. The van der Waals surface area contributed by atoms with E-state index in [1.165, 1.54) is 6.20 Å². The van der Waals surface area contributed by atoms with Gasteiger partial charge in [0.05, 0.1) is 0 Å². The Morgan fingerprint density at radius 3 is 2.87 bits per heavy atom. The maximum absolute atomic E-state index is 10.8. The summed E-state index contributed by atoms with van der Waals surface area (Å²) in [5, 5.41) is 19.1. The number of carboxylic acid groups (broad SMARTS) is 1. The van der Waals surface area contributed by atoms with Crippen molar-refractivity contribution < 1.29 is 9.90 Å². The van der Waals surface area contributed by atoms with Crippen molar-refractivity contribution >= 4 is 32.8 Å². The zero-order valence-electron chi connectivity index (χ0n) is 7.44. The maximum Gasteiger partial charge on any atom is 0.416 e. The van der Waals surface area contributed by atoms with Gasteiger partial charge in [0.25, 0.3) is 0 Å². The Bertz CT molecular complexity index is 595. The van der Waals surface area contributed by atoms with Gasteiger partial charge in [-0.2, -0.15) is 5.26 Å². The molecule has 0 aliphatic rings. The quantitative estimate of drug-likeness (QED) is 0.796. The van der Waals surface area contributed by atoms with Gasteiger partial charge in [-0.3, -0.25) is 0 Å². The van der Waals surface area contributed by atoms with Crippen LogP contribution in [-0.4, -0.2) is 15.8 Å². The molecule has 5 heteroatoms. The summed E-state index contributed by atoms with van der Waals surface area (Å²) in [5.74, 6) is 0. The molecule has 15 heavy (non-hydrogen) atoms. The van der Waals surface area contributed by atoms with E-state index >= 15 is 0 Å². The van der Waals surface area contributed by atoms with Gasteiger partial charge in [-0.05, 0) is 12.1 Å². The number of nitriles is 1. The highest BCUT2D eigenvalue weighted by Crippen LogP contribution is 2.24. The molecule has 0 aliphatic carbocycles. The summed E-state index contributed by atoms with van der Waals surface area (Å²) in [5.41, 5.74) is 0.144. The first kappa shape index (κ1) is 9.74. The summed E-state index contributed by atoms with van der Waals surface area (Å²) in [7, 11) is 0. The van der Waals surface area contributed by atoms with Gasteiger partial charge in [-0.15, -0.1) is 0 Å². The minimum absolute atomic E-state index is 0.144. The van der Waals surface area contributed by atoms with Gasteiger partial charge in [0.1, 0.15) is 11.8 Å². The van der Waals surface area contributed by atoms with E-state index in [4.69, 9.17) is 10.4 Å². The van der Waals surface area contributed by atoms with Crippen molar-refractivity contribution in [3.8, 4) is 6.07 Å². The molecule has 0 bridgehead atoms. The first-order valence-corrected chi connectivity index (χ1v) is 4.87. The van der Waals surface area contributed by atoms with Crippen molar-refractivity contribution in [2.75, 3.05) is 0 Å². The van der Waals surface area contributed by atoms with Gasteiger partial charge in [-0.25, -0.2) is 9.36 Å².